The number of unbranched alkanes of at least 4 members (excludes halogenated alkanes) is 30. The van der Waals surface area contributed by atoms with Crippen LogP contribution in [0.2, 0.25) is 0 Å². The fourth-order valence-electron chi connectivity index (χ4n) is 7.58. The summed E-state index contributed by atoms with van der Waals surface area (Å²) < 4.78 is 0. The molecule has 0 saturated carbocycles. The Bertz CT molecular complexity index is 801. The maximum absolute atomic E-state index is 6.92. The molecule has 0 heterocycles. The van der Waals surface area contributed by atoms with Crippen LogP contribution in [0.1, 0.15) is 236 Å². The summed E-state index contributed by atoms with van der Waals surface area (Å²) in [7, 11) is 0. The molecule has 0 aromatic heterocycles. The normalized spacial score (nSPS) is 11.9. The van der Waals surface area contributed by atoms with Crippen molar-refractivity contribution in [3.63, 3.8) is 0 Å². The maximum atomic E-state index is 6.92. The van der Waals surface area contributed by atoms with E-state index < -0.39 is 0 Å². The van der Waals surface area contributed by atoms with Crippen molar-refractivity contribution in [1.82, 2.24) is 0 Å². The van der Waals surface area contributed by atoms with Gasteiger partial charge in [0.1, 0.15) is 0 Å². The quantitative estimate of drug-likeness (QED) is 0.0540. The minimum absolute atomic E-state index is 0.291. The predicted octanol–water partition coefficient (Wildman–Crippen LogP) is 14.6. The number of benzene rings is 1. The van der Waals surface area contributed by atoms with E-state index in [-0.39, 0.29) is 4.87 Å². The van der Waals surface area contributed by atoms with Crippen LogP contribution in [-0.2, 0) is 17.7 Å². The minimum Gasteiger partial charge on any atom is -0.330 e. The lowest BCUT2D eigenvalue weighted by molar-refractivity contribution is 0.527. The van der Waals surface area contributed by atoms with E-state index in [0.717, 1.165) is 13.1 Å². The molecule has 0 atom stereocenters. The summed E-state index contributed by atoms with van der Waals surface area (Å²) in [6.07, 6.45) is 47.0. The summed E-state index contributed by atoms with van der Waals surface area (Å²) in [4.78, 5) is -0.291. The van der Waals surface area contributed by atoms with E-state index >= 15 is 0 Å². The minimum atomic E-state index is -0.291. The summed E-state index contributed by atoms with van der Waals surface area (Å²) in [5.74, 6) is 0. The largest absolute Gasteiger partial charge is 0.330 e. The zero-order chi connectivity index (χ0) is 34.8. The van der Waals surface area contributed by atoms with Crippen LogP contribution in [0.4, 0.5) is 0 Å². The van der Waals surface area contributed by atoms with Gasteiger partial charge in [-0.1, -0.05) is 198 Å². The van der Waals surface area contributed by atoms with Gasteiger partial charge in [-0.05, 0) is 82.2 Å². The molecule has 0 aliphatic rings. The van der Waals surface area contributed by atoms with Crippen LogP contribution < -0.4 is 11.5 Å². The highest BCUT2D eigenvalue weighted by Crippen LogP contribution is 2.34. The highest BCUT2D eigenvalue weighted by Gasteiger charge is 2.21. The van der Waals surface area contributed by atoms with Gasteiger partial charge in [-0.2, -0.15) is 0 Å². The van der Waals surface area contributed by atoms with E-state index in [9.17, 15) is 0 Å². The second kappa shape index (κ2) is 33.6. The highest BCUT2D eigenvalue weighted by molar-refractivity contribution is 6.23. The zero-order valence-electron chi connectivity index (χ0n) is 32.7. The number of aryl methyl sites for hydroxylation is 1. The summed E-state index contributed by atoms with van der Waals surface area (Å²) in [5.41, 5.74) is 15.7. The highest BCUT2D eigenvalue weighted by atomic mass is 35.5. The van der Waals surface area contributed by atoms with Gasteiger partial charge < -0.3 is 11.5 Å². The lowest BCUT2D eigenvalue weighted by Crippen LogP contribution is -2.13. The van der Waals surface area contributed by atoms with Crippen LogP contribution >= 0.6 is 11.6 Å². The summed E-state index contributed by atoms with van der Waals surface area (Å²) in [5, 5.41) is 0. The standard InChI is InChI=1S/C45H85ClN2/c1-45(2,46)44-39-35-37-42(36-31-27-23-19-15-11-7-3-5-9-13-17-21-25-29-33-40-47)43(44)38-32-28-24-20-16-12-8-4-6-10-14-18-22-26-30-34-41-48/h35,37,39H,3-34,36,38,40-41,47-48H2,1-2H3. The molecule has 0 fully saturated rings. The number of rotatable bonds is 37. The second-order valence-electron chi connectivity index (χ2n) is 15.8. The van der Waals surface area contributed by atoms with Crippen molar-refractivity contribution in [1.29, 1.82) is 0 Å². The molecule has 1 aromatic carbocycles. The van der Waals surface area contributed by atoms with Crippen LogP contribution in [0.15, 0.2) is 18.2 Å². The molecule has 1 rings (SSSR count). The molecule has 0 unspecified atom stereocenters. The van der Waals surface area contributed by atoms with Crippen molar-refractivity contribution in [3.05, 3.63) is 34.9 Å². The van der Waals surface area contributed by atoms with Crippen LogP contribution in [0.3, 0.4) is 0 Å². The molecule has 0 spiro atoms. The molecule has 282 valence electrons. The Morgan fingerprint density at radius 3 is 0.958 bits per heavy atom. The Morgan fingerprint density at radius 2 is 0.667 bits per heavy atom. The fourth-order valence-corrected chi connectivity index (χ4v) is 7.75. The van der Waals surface area contributed by atoms with Crippen LogP contribution in [0.25, 0.3) is 0 Å². The van der Waals surface area contributed by atoms with E-state index in [4.69, 9.17) is 23.1 Å². The van der Waals surface area contributed by atoms with E-state index in [0.29, 0.717) is 0 Å². The molecule has 0 bridgehead atoms. The molecule has 0 amide bonds. The van der Waals surface area contributed by atoms with Gasteiger partial charge >= 0.3 is 0 Å². The molecule has 0 saturated heterocycles. The molecule has 48 heavy (non-hydrogen) atoms. The average molecular weight is 690 g/mol. The van der Waals surface area contributed by atoms with Gasteiger partial charge in [0.25, 0.3) is 0 Å². The first-order valence-electron chi connectivity index (χ1n) is 21.7. The molecule has 1 aromatic rings. The molecule has 0 aliphatic heterocycles. The van der Waals surface area contributed by atoms with Gasteiger partial charge in [0, 0.05) is 0 Å². The molecular formula is C45H85ClN2. The maximum Gasteiger partial charge on any atom is 0.0641 e. The van der Waals surface area contributed by atoms with E-state index in [1.54, 1.807) is 11.1 Å². The lowest BCUT2D eigenvalue weighted by Gasteiger charge is -2.23. The molecule has 0 aliphatic carbocycles. The first-order valence-corrected chi connectivity index (χ1v) is 22.1. The van der Waals surface area contributed by atoms with Crippen LogP contribution in [0, 0.1) is 0 Å². The van der Waals surface area contributed by atoms with E-state index in [1.165, 1.54) is 224 Å². The van der Waals surface area contributed by atoms with Gasteiger partial charge in [0.2, 0.25) is 0 Å². The topological polar surface area (TPSA) is 52.0 Å². The number of nitrogens with two attached hydrogens (primary N) is 2. The smallest absolute Gasteiger partial charge is 0.0641 e. The van der Waals surface area contributed by atoms with Crippen molar-refractivity contribution in [3.8, 4) is 0 Å². The monoisotopic (exact) mass is 689 g/mol. The summed E-state index contributed by atoms with van der Waals surface area (Å²) >= 11 is 6.92. The van der Waals surface area contributed by atoms with Crippen molar-refractivity contribution in [2.75, 3.05) is 13.1 Å². The van der Waals surface area contributed by atoms with Gasteiger partial charge in [0.15, 0.2) is 0 Å². The summed E-state index contributed by atoms with van der Waals surface area (Å²) in [6.45, 7) is 6.07. The van der Waals surface area contributed by atoms with Gasteiger partial charge in [-0.15, -0.1) is 11.6 Å². The molecule has 2 nitrogen and oxygen atoms in total. The van der Waals surface area contributed by atoms with Gasteiger partial charge in [-0.25, -0.2) is 0 Å². The molecule has 4 N–H and O–H groups in total. The first kappa shape index (κ1) is 45.5. The lowest BCUT2D eigenvalue weighted by atomic mass is 9.87. The third kappa shape index (κ3) is 27.2. The van der Waals surface area contributed by atoms with Gasteiger partial charge in [0.05, 0.1) is 4.87 Å². The number of hydrogen-bond acceptors (Lipinski definition) is 2. The molecule has 0 radical (unpaired) electrons. The Kier molecular flexibility index (Phi) is 31.8. The average Bonchev–Trinajstić information content (AvgIpc) is 3.07. The Hall–Kier alpha value is -0.570. The van der Waals surface area contributed by atoms with E-state index in [2.05, 4.69) is 32.0 Å². The van der Waals surface area contributed by atoms with Crippen molar-refractivity contribution in [2.24, 2.45) is 11.5 Å². The number of hydrogen-bond donors (Lipinski definition) is 2. The second-order valence-corrected chi connectivity index (χ2v) is 16.8. The molecular weight excluding hydrogens is 604 g/mol. The number of halogens is 1. The predicted molar refractivity (Wildman–Crippen MR) is 219 cm³/mol. The first-order chi connectivity index (χ1) is 23.5. The zero-order valence-corrected chi connectivity index (χ0v) is 33.5. The number of alkyl halides is 1. The Morgan fingerprint density at radius 1 is 0.396 bits per heavy atom. The Labute approximate surface area is 307 Å². The molecule has 3 heteroatoms. The van der Waals surface area contributed by atoms with Crippen molar-refractivity contribution < 1.29 is 0 Å². The fraction of sp³-hybridized carbons (Fsp3) is 0.867. The third-order valence-electron chi connectivity index (χ3n) is 10.7. The SMILES string of the molecule is CC(C)(Cl)c1cccc(CCCCCCCCCCCCCCCCCCN)c1CCCCCCCCCCCCCCCCCCN. The van der Waals surface area contributed by atoms with Crippen molar-refractivity contribution in [2.45, 2.75) is 237 Å². The van der Waals surface area contributed by atoms with Gasteiger partial charge in [-0.3, -0.25) is 0 Å². The third-order valence-corrected chi connectivity index (χ3v) is 10.9. The Balaban J connectivity index is 2.11. The summed E-state index contributed by atoms with van der Waals surface area (Å²) in [6, 6.07) is 6.94. The van der Waals surface area contributed by atoms with Crippen molar-refractivity contribution >= 4 is 11.6 Å². The van der Waals surface area contributed by atoms with Crippen LogP contribution in [-0.4, -0.2) is 13.1 Å². The van der Waals surface area contributed by atoms with Crippen LogP contribution in [0.5, 0.6) is 0 Å². The van der Waals surface area contributed by atoms with E-state index in [1.807, 2.05) is 0 Å².